The van der Waals surface area contributed by atoms with Crippen molar-refractivity contribution in [3.63, 3.8) is 0 Å². The van der Waals surface area contributed by atoms with Crippen molar-refractivity contribution in [1.29, 1.82) is 0 Å². The number of carbonyl (C=O) groups is 1. The molecule has 0 aromatic heterocycles. The van der Waals surface area contributed by atoms with Crippen LogP contribution in [0.5, 0.6) is 5.75 Å². The van der Waals surface area contributed by atoms with Gasteiger partial charge in [-0.3, -0.25) is 4.79 Å². The van der Waals surface area contributed by atoms with Gasteiger partial charge in [-0.15, -0.1) is 0 Å². The van der Waals surface area contributed by atoms with E-state index in [1.807, 2.05) is 0 Å². The second-order valence-electron chi connectivity index (χ2n) is 7.06. The monoisotopic (exact) mass is 402 g/mol. The van der Waals surface area contributed by atoms with Gasteiger partial charge < -0.3 is 10.1 Å². The molecule has 0 aliphatic heterocycles. The van der Waals surface area contributed by atoms with E-state index in [1.54, 1.807) is 48.5 Å². The van der Waals surface area contributed by atoms with Crippen LogP contribution in [0.3, 0.4) is 0 Å². The third kappa shape index (κ3) is 4.54. The second-order valence-corrected chi connectivity index (χ2v) is 9.10. The van der Waals surface area contributed by atoms with Crippen LogP contribution < -0.4 is 10.1 Å². The average Bonchev–Trinajstić information content (AvgIpc) is 3.21. The van der Waals surface area contributed by atoms with Gasteiger partial charge in [0.05, 0.1) is 12.0 Å². The Hall–Kier alpha value is -2.38. The zero-order valence-corrected chi connectivity index (χ0v) is 17.0. The Bertz CT molecular complexity index is 923. The van der Waals surface area contributed by atoms with E-state index in [0.29, 0.717) is 16.9 Å². The van der Waals surface area contributed by atoms with Gasteiger partial charge in [0.1, 0.15) is 5.75 Å². The van der Waals surface area contributed by atoms with Crippen LogP contribution in [0.4, 0.5) is 0 Å². The topological polar surface area (TPSA) is 75.7 Å². The highest BCUT2D eigenvalue weighted by Crippen LogP contribution is 2.25. The molecule has 7 heteroatoms. The molecule has 0 spiro atoms. The fourth-order valence-corrected chi connectivity index (χ4v) is 4.65. The summed E-state index contributed by atoms with van der Waals surface area (Å²) in [6.07, 6.45) is 4.29. The molecular formula is C21H26N2O4S. The predicted molar refractivity (Wildman–Crippen MR) is 108 cm³/mol. The summed E-state index contributed by atoms with van der Waals surface area (Å²) in [5.74, 6) is 0.414. The summed E-state index contributed by atoms with van der Waals surface area (Å²) in [6, 6.07) is 13.6. The van der Waals surface area contributed by atoms with Crippen molar-refractivity contribution >= 4 is 15.9 Å². The largest absolute Gasteiger partial charge is 0.496 e. The van der Waals surface area contributed by atoms with E-state index in [1.165, 1.54) is 18.5 Å². The number of rotatable bonds is 7. The lowest BCUT2D eigenvalue weighted by molar-refractivity contribution is 0.0937. The molecule has 1 amide bonds. The summed E-state index contributed by atoms with van der Waals surface area (Å²) in [4.78, 5) is 12.8. The molecular weight excluding hydrogens is 376 g/mol. The van der Waals surface area contributed by atoms with Gasteiger partial charge in [0.25, 0.3) is 5.91 Å². The Morgan fingerprint density at radius 2 is 1.82 bits per heavy atom. The van der Waals surface area contributed by atoms with Crippen LogP contribution in [-0.2, 0) is 16.6 Å². The zero-order chi connectivity index (χ0) is 20.1. The lowest BCUT2D eigenvalue weighted by atomic mass is 10.1. The first-order chi connectivity index (χ1) is 13.4. The Morgan fingerprint density at radius 1 is 1.14 bits per heavy atom. The molecule has 0 unspecified atom stereocenters. The lowest BCUT2D eigenvalue weighted by Crippen LogP contribution is -2.32. The summed E-state index contributed by atoms with van der Waals surface area (Å²) in [5.41, 5.74) is 1.15. The van der Waals surface area contributed by atoms with E-state index >= 15 is 0 Å². The van der Waals surface area contributed by atoms with Crippen molar-refractivity contribution in [2.24, 2.45) is 0 Å². The Balaban J connectivity index is 1.81. The van der Waals surface area contributed by atoms with Crippen molar-refractivity contribution in [2.75, 3.05) is 14.2 Å². The van der Waals surface area contributed by atoms with Crippen LogP contribution in [0.1, 0.15) is 41.6 Å². The molecule has 150 valence electrons. The second kappa shape index (κ2) is 8.75. The molecule has 6 nitrogen and oxygen atoms in total. The molecule has 0 atom stereocenters. The van der Waals surface area contributed by atoms with E-state index < -0.39 is 10.0 Å². The van der Waals surface area contributed by atoms with Crippen molar-refractivity contribution in [1.82, 2.24) is 9.62 Å². The number of methoxy groups -OCH3 is 1. The normalized spacial score (nSPS) is 15.0. The van der Waals surface area contributed by atoms with Crippen LogP contribution in [0.2, 0.25) is 0 Å². The first-order valence-electron chi connectivity index (χ1n) is 9.41. The molecule has 1 aliphatic carbocycles. The molecule has 1 saturated carbocycles. The molecule has 0 bridgehead atoms. The van der Waals surface area contributed by atoms with Crippen LogP contribution >= 0.6 is 0 Å². The highest BCUT2D eigenvalue weighted by Gasteiger charge is 2.23. The standard InChI is InChI=1S/C21H26N2O4S/c1-23(28(25,26)19-10-4-3-5-11-19)15-17-14-16(12-13-20(17)27-2)21(24)22-18-8-6-7-9-18/h3-5,10-14,18H,6-9,15H2,1-2H3,(H,22,24). The van der Waals surface area contributed by atoms with Crippen molar-refractivity contribution < 1.29 is 17.9 Å². The molecule has 28 heavy (non-hydrogen) atoms. The number of sulfonamides is 1. The molecule has 1 fully saturated rings. The van der Waals surface area contributed by atoms with Crippen LogP contribution in [-0.4, -0.2) is 38.8 Å². The predicted octanol–water partition coefficient (Wildman–Crippen LogP) is 3.19. The lowest BCUT2D eigenvalue weighted by Gasteiger charge is -2.19. The van der Waals surface area contributed by atoms with Gasteiger partial charge in [0, 0.05) is 30.8 Å². The molecule has 0 heterocycles. The van der Waals surface area contributed by atoms with Gasteiger partial charge in [-0.1, -0.05) is 31.0 Å². The minimum Gasteiger partial charge on any atom is -0.496 e. The van der Waals surface area contributed by atoms with Crippen molar-refractivity contribution in [2.45, 2.75) is 43.2 Å². The van der Waals surface area contributed by atoms with Crippen LogP contribution in [0.25, 0.3) is 0 Å². The maximum atomic E-state index is 12.8. The summed E-state index contributed by atoms with van der Waals surface area (Å²) >= 11 is 0. The number of nitrogens with one attached hydrogen (secondary N) is 1. The number of nitrogens with zero attached hydrogens (tertiary/aromatic N) is 1. The highest BCUT2D eigenvalue weighted by molar-refractivity contribution is 7.89. The Labute approximate surface area is 166 Å². The van der Waals surface area contributed by atoms with Gasteiger partial charge in [0.2, 0.25) is 10.0 Å². The molecule has 3 rings (SSSR count). The van der Waals surface area contributed by atoms with Crippen molar-refractivity contribution in [3.8, 4) is 5.75 Å². The Morgan fingerprint density at radius 3 is 2.46 bits per heavy atom. The fraction of sp³-hybridized carbons (Fsp3) is 0.381. The minimum absolute atomic E-state index is 0.102. The van der Waals surface area contributed by atoms with E-state index in [0.717, 1.165) is 25.7 Å². The third-order valence-corrected chi connectivity index (χ3v) is 6.89. The van der Waals surface area contributed by atoms with E-state index in [-0.39, 0.29) is 23.4 Å². The number of hydrogen-bond acceptors (Lipinski definition) is 4. The summed E-state index contributed by atoms with van der Waals surface area (Å²) < 4.78 is 32.2. The number of benzene rings is 2. The number of amides is 1. The van der Waals surface area contributed by atoms with E-state index in [9.17, 15) is 13.2 Å². The average molecular weight is 403 g/mol. The first-order valence-corrected chi connectivity index (χ1v) is 10.8. The van der Waals surface area contributed by atoms with Gasteiger partial charge in [-0.05, 0) is 43.2 Å². The fourth-order valence-electron chi connectivity index (χ4n) is 3.48. The van der Waals surface area contributed by atoms with Gasteiger partial charge in [-0.25, -0.2) is 8.42 Å². The molecule has 1 aliphatic rings. The molecule has 2 aromatic carbocycles. The molecule has 2 aromatic rings. The summed E-state index contributed by atoms with van der Waals surface area (Å²) in [6.45, 7) is 0.102. The Kier molecular flexibility index (Phi) is 6.36. The SMILES string of the molecule is COc1ccc(C(=O)NC2CCCC2)cc1CN(C)S(=O)(=O)c1ccccc1. The van der Waals surface area contributed by atoms with Gasteiger partial charge in [-0.2, -0.15) is 4.31 Å². The maximum Gasteiger partial charge on any atom is 0.251 e. The van der Waals surface area contributed by atoms with Crippen molar-refractivity contribution in [3.05, 3.63) is 59.7 Å². The third-order valence-electron chi connectivity index (χ3n) is 5.08. The first kappa shape index (κ1) is 20.4. The smallest absolute Gasteiger partial charge is 0.251 e. The van der Waals surface area contributed by atoms with E-state index in [4.69, 9.17) is 4.74 Å². The molecule has 0 radical (unpaired) electrons. The quantitative estimate of drug-likeness (QED) is 0.772. The highest BCUT2D eigenvalue weighted by atomic mass is 32.2. The van der Waals surface area contributed by atoms with E-state index in [2.05, 4.69) is 5.32 Å². The molecule has 1 N–H and O–H groups in total. The summed E-state index contributed by atoms with van der Waals surface area (Å²) in [5, 5.41) is 3.06. The summed E-state index contributed by atoms with van der Waals surface area (Å²) in [7, 11) is -0.585. The van der Waals surface area contributed by atoms with Gasteiger partial charge in [0.15, 0.2) is 0 Å². The zero-order valence-electron chi connectivity index (χ0n) is 16.2. The van der Waals surface area contributed by atoms with Crippen LogP contribution in [0, 0.1) is 0 Å². The van der Waals surface area contributed by atoms with Gasteiger partial charge >= 0.3 is 0 Å². The maximum absolute atomic E-state index is 12.8. The number of ether oxygens (including phenoxy) is 1. The molecule has 0 saturated heterocycles. The number of carbonyl (C=O) groups excluding carboxylic acids is 1. The van der Waals surface area contributed by atoms with Crippen LogP contribution in [0.15, 0.2) is 53.4 Å². The number of hydrogen-bond donors (Lipinski definition) is 1. The minimum atomic E-state index is -3.64.